The van der Waals surface area contributed by atoms with Crippen LogP contribution < -0.4 is 5.32 Å². The molecule has 1 saturated heterocycles. The Morgan fingerprint density at radius 2 is 1.88 bits per heavy atom. The zero-order valence-corrected chi connectivity index (χ0v) is 20.2. The summed E-state index contributed by atoms with van der Waals surface area (Å²) in [5.41, 5.74) is 1.71. The summed E-state index contributed by atoms with van der Waals surface area (Å²) in [6.07, 6.45) is 2.10. The minimum atomic E-state index is -0.478. The fourth-order valence-corrected chi connectivity index (χ4v) is 4.58. The van der Waals surface area contributed by atoms with E-state index in [2.05, 4.69) is 5.32 Å². The quantitative estimate of drug-likeness (QED) is 0.461. The van der Waals surface area contributed by atoms with Crippen LogP contribution in [-0.4, -0.2) is 41.4 Å². The average Bonchev–Trinajstić information content (AvgIpc) is 3.45. The Balaban J connectivity index is 1.43. The van der Waals surface area contributed by atoms with Gasteiger partial charge in [0.1, 0.15) is 17.4 Å². The summed E-state index contributed by atoms with van der Waals surface area (Å²) < 4.78 is 5.95. The number of likely N-dealkylation sites (N-methyl/N-ethyl adjacent to an activating group) is 1. The maximum absolute atomic E-state index is 13.2. The first kappa shape index (κ1) is 23.5. The molecule has 1 fully saturated rings. The van der Waals surface area contributed by atoms with Gasteiger partial charge < -0.3 is 19.5 Å². The summed E-state index contributed by atoms with van der Waals surface area (Å²) in [4.78, 5) is 29.6. The van der Waals surface area contributed by atoms with Crippen LogP contribution in [0.15, 0.2) is 52.9 Å². The maximum atomic E-state index is 13.2. The fraction of sp³-hybridized carbons (Fsp3) is 0.360. The number of nitrogens with zero attached hydrogens (tertiary/aromatic N) is 2. The molecule has 2 heterocycles. The molecule has 2 atom stereocenters. The highest BCUT2D eigenvalue weighted by Gasteiger charge is 2.36. The minimum absolute atomic E-state index is 0.0657. The minimum Gasteiger partial charge on any atom is -0.459 e. The van der Waals surface area contributed by atoms with E-state index in [1.54, 1.807) is 35.0 Å². The van der Waals surface area contributed by atoms with Gasteiger partial charge in [0.2, 0.25) is 5.91 Å². The van der Waals surface area contributed by atoms with Gasteiger partial charge >= 0.3 is 6.03 Å². The van der Waals surface area contributed by atoms with Gasteiger partial charge in [-0.05, 0) is 61.2 Å². The van der Waals surface area contributed by atoms with Crippen LogP contribution >= 0.6 is 23.2 Å². The molecule has 2 aromatic carbocycles. The second-order valence-corrected chi connectivity index (χ2v) is 9.29. The number of nitrogens with one attached hydrogen (secondary N) is 1. The van der Waals surface area contributed by atoms with E-state index < -0.39 is 6.04 Å². The largest absolute Gasteiger partial charge is 0.459 e. The third kappa shape index (κ3) is 5.28. The average molecular weight is 488 g/mol. The molecule has 3 aromatic rings. The van der Waals surface area contributed by atoms with E-state index in [4.69, 9.17) is 27.6 Å². The molecule has 174 valence electrons. The number of amides is 3. The zero-order chi connectivity index (χ0) is 23.5. The summed E-state index contributed by atoms with van der Waals surface area (Å²) >= 11 is 12.0. The molecule has 1 aliphatic rings. The Morgan fingerprint density at radius 3 is 2.61 bits per heavy atom. The number of fused-ring (bicyclic) bond motifs is 1. The molecule has 1 aromatic heterocycles. The number of urea groups is 1. The lowest BCUT2D eigenvalue weighted by Crippen LogP contribution is -2.50. The van der Waals surface area contributed by atoms with E-state index in [1.807, 2.05) is 37.3 Å². The number of likely N-dealkylation sites (tertiary alicyclic amines) is 1. The van der Waals surface area contributed by atoms with Crippen LogP contribution in [0.4, 0.5) is 4.79 Å². The normalized spacial score (nSPS) is 16.7. The number of hydrogen-bond acceptors (Lipinski definition) is 3. The van der Waals surface area contributed by atoms with E-state index in [0.29, 0.717) is 41.7 Å². The lowest BCUT2D eigenvalue weighted by molar-refractivity contribution is -0.134. The topological polar surface area (TPSA) is 65.8 Å². The zero-order valence-electron chi connectivity index (χ0n) is 18.7. The van der Waals surface area contributed by atoms with E-state index >= 15 is 0 Å². The molecule has 3 amide bonds. The van der Waals surface area contributed by atoms with Crippen molar-refractivity contribution in [3.8, 4) is 0 Å². The van der Waals surface area contributed by atoms with Gasteiger partial charge in [0.25, 0.3) is 0 Å². The van der Waals surface area contributed by atoms with E-state index in [0.717, 1.165) is 23.0 Å². The van der Waals surface area contributed by atoms with E-state index in [1.165, 1.54) is 0 Å². The Morgan fingerprint density at radius 1 is 1.15 bits per heavy atom. The monoisotopic (exact) mass is 487 g/mol. The summed E-state index contributed by atoms with van der Waals surface area (Å²) in [6.45, 7) is 2.99. The highest BCUT2D eigenvalue weighted by Crippen LogP contribution is 2.29. The number of benzene rings is 2. The molecule has 33 heavy (non-hydrogen) atoms. The second-order valence-electron chi connectivity index (χ2n) is 8.41. The van der Waals surface area contributed by atoms with Crippen LogP contribution in [0, 0.1) is 0 Å². The van der Waals surface area contributed by atoms with Crippen LogP contribution in [-0.2, 0) is 11.3 Å². The molecular weight excluding hydrogens is 461 g/mol. The van der Waals surface area contributed by atoms with Gasteiger partial charge in [-0.1, -0.05) is 42.3 Å². The van der Waals surface area contributed by atoms with Crippen molar-refractivity contribution in [2.24, 2.45) is 0 Å². The van der Waals surface area contributed by atoms with Gasteiger partial charge in [0, 0.05) is 35.6 Å². The Bertz CT molecular complexity index is 1150. The van der Waals surface area contributed by atoms with E-state index in [-0.39, 0.29) is 18.0 Å². The standard InChI is InChI=1S/C25H27Cl2N3O3/c1-3-20(23-14-17-13-19(27)10-11-22(17)33-23)28-25(32)30-12-4-5-21(30)24(31)29(2)15-16-6-8-18(26)9-7-16/h6-11,13-14,20-21H,3-5,12,15H2,1-2H3,(H,28,32)/t20-,21?/m0/s1. The van der Waals surface area contributed by atoms with E-state index in [9.17, 15) is 9.59 Å². The van der Waals surface area contributed by atoms with Crippen molar-refractivity contribution >= 4 is 46.1 Å². The van der Waals surface area contributed by atoms with Crippen LogP contribution in [0.5, 0.6) is 0 Å². The highest BCUT2D eigenvalue weighted by atomic mass is 35.5. The molecule has 8 heteroatoms. The second kappa shape index (κ2) is 10.1. The van der Waals surface area contributed by atoms with Gasteiger partial charge in [0.15, 0.2) is 0 Å². The Labute approximate surface area is 203 Å². The van der Waals surface area contributed by atoms with Gasteiger partial charge in [-0.25, -0.2) is 4.79 Å². The first-order valence-corrected chi connectivity index (χ1v) is 11.9. The third-order valence-corrected chi connectivity index (χ3v) is 6.54. The smallest absolute Gasteiger partial charge is 0.318 e. The lowest BCUT2D eigenvalue weighted by atomic mass is 10.1. The van der Waals surface area contributed by atoms with Crippen LogP contribution in [0.25, 0.3) is 11.0 Å². The van der Waals surface area contributed by atoms with Crippen molar-refractivity contribution in [1.82, 2.24) is 15.1 Å². The first-order valence-electron chi connectivity index (χ1n) is 11.1. The molecule has 0 aliphatic carbocycles. The predicted octanol–water partition coefficient (Wildman–Crippen LogP) is 6.02. The number of hydrogen-bond donors (Lipinski definition) is 1. The number of rotatable bonds is 6. The van der Waals surface area contributed by atoms with Gasteiger partial charge in [0.05, 0.1) is 6.04 Å². The van der Waals surface area contributed by atoms with Gasteiger partial charge in [-0.2, -0.15) is 0 Å². The van der Waals surface area contributed by atoms with Crippen LogP contribution in [0.2, 0.25) is 10.0 Å². The molecule has 4 rings (SSSR count). The van der Waals surface area contributed by atoms with Crippen molar-refractivity contribution in [1.29, 1.82) is 0 Å². The molecule has 6 nitrogen and oxygen atoms in total. The van der Waals surface area contributed by atoms with Crippen molar-refractivity contribution in [2.45, 2.75) is 44.8 Å². The van der Waals surface area contributed by atoms with Crippen molar-refractivity contribution in [3.05, 3.63) is 69.9 Å². The molecule has 0 spiro atoms. The molecule has 1 N–H and O–H groups in total. The number of halogens is 2. The van der Waals surface area contributed by atoms with Crippen molar-refractivity contribution in [3.63, 3.8) is 0 Å². The summed E-state index contributed by atoms with van der Waals surface area (Å²) in [7, 11) is 1.76. The number of carbonyl (C=O) groups excluding carboxylic acids is 2. The van der Waals surface area contributed by atoms with Crippen LogP contribution in [0.3, 0.4) is 0 Å². The number of furan rings is 1. The highest BCUT2D eigenvalue weighted by molar-refractivity contribution is 6.31. The molecule has 0 saturated carbocycles. The Kier molecular flexibility index (Phi) is 7.15. The maximum Gasteiger partial charge on any atom is 0.318 e. The SMILES string of the molecule is CC[C@H](NC(=O)N1CCCC1C(=O)N(C)Cc1ccc(Cl)cc1)c1cc2cc(Cl)ccc2o1. The first-order chi connectivity index (χ1) is 15.9. The van der Waals surface area contributed by atoms with Crippen molar-refractivity contribution < 1.29 is 14.0 Å². The van der Waals surface area contributed by atoms with Crippen LogP contribution in [0.1, 0.15) is 43.6 Å². The molecule has 0 radical (unpaired) electrons. The van der Waals surface area contributed by atoms with Gasteiger partial charge in [-0.3, -0.25) is 4.79 Å². The summed E-state index contributed by atoms with van der Waals surface area (Å²) in [5, 5.41) is 5.24. The summed E-state index contributed by atoms with van der Waals surface area (Å²) in [5.74, 6) is 0.606. The molecule has 0 bridgehead atoms. The molecular formula is C25H27Cl2N3O3. The predicted molar refractivity (Wildman–Crippen MR) is 130 cm³/mol. The molecule has 1 aliphatic heterocycles. The van der Waals surface area contributed by atoms with Crippen molar-refractivity contribution in [2.75, 3.05) is 13.6 Å². The van der Waals surface area contributed by atoms with Gasteiger partial charge in [-0.15, -0.1) is 0 Å². The Hall–Kier alpha value is -2.70. The third-order valence-electron chi connectivity index (χ3n) is 6.05. The molecule has 1 unspecified atom stereocenters. The lowest BCUT2D eigenvalue weighted by Gasteiger charge is -2.29. The number of carbonyl (C=O) groups is 2. The fourth-order valence-electron chi connectivity index (χ4n) is 4.28. The summed E-state index contributed by atoms with van der Waals surface area (Å²) in [6, 6.07) is 13.7.